The number of likely N-dealkylation sites (N-methyl/N-ethyl adjacent to an activating group) is 1. The highest BCUT2D eigenvalue weighted by Gasteiger charge is 2.53. The van der Waals surface area contributed by atoms with Crippen LogP contribution in [0, 0.1) is 5.41 Å². The van der Waals surface area contributed by atoms with Crippen LogP contribution in [0.15, 0.2) is 46.7 Å². The number of benzene rings is 1. The van der Waals surface area contributed by atoms with Gasteiger partial charge < -0.3 is 25.3 Å². The van der Waals surface area contributed by atoms with Crippen LogP contribution in [0.25, 0.3) is 0 Å². The van der Waals surface area contributed by atoms with Crippen molar-refractivity contribution in [3.8, 4) is 0 Å². The van der Waals surface area contributed by atoms with Crippen molar-refractivity contribution in [1.82, 2.24) is 15.1 Å². The minimum Gasteiger partial charge on any atom is -0.369 e. The summed E-state index contributed by atoms with van der Waals surface area (Å²) < 4.78 is 42.9. The maximum Gasteiger partial charge on any atom is 0.419 e. The molecule has 7 nitrogen and oxygen atoms in total. The summed E-state index contributed by atoms with van der Waals surface area (Å²) in [5, 5.41) is 6.03. The molecule has 10 heteroatoms. The van der Waals surface area contributed by atoms with Gasteiger partial charge in [0.15, 0.2) is 0 Å². The van der Waals surface area contributed by atoms with Gasteiger partial charge in [-0.1, -0.05) is 26.3 Å². The van der Waals surface area contributed by atoms with Crippen molar-refractivity contribution in [1.29, 1.82) is 0 Å². The van der Waals surface area contributed by atoms with Crippen molar-refractivity contribution in [3.63, 3.8) is 0 Å². The molecule has 39 heavy (non-hydrogen) atoms. The number of carbonyl (C=O) groups excluding carboxylic acids is 1. The van der Waals surface area contributed by atoms with E-state index in [9.17, 15) is 18.0 Å². The molecule has 1 aromatic carbocycles. The molecule has 0 radical (unpaired) electrons. The summed E-state index contributed by atoms with van der Waals surface area (Å²) in [6.45, 7) is 10.8. The second kappa shape index (κ2) is 12.0. The number of allylic oxidation sites excluding steroid dienone is 2. The molecule has 3 saturated heterocycles. The molecular weight excluding hydrogens is 505 g/mol. The van der Waals surface area contributed by atoms with Crippen molar-refractivity contribution >= 4 is 23.1 Å². The lowest BCUT2D eigenvalue weighted by molar-refractivity contribution is -0.135. The second-order valence-electron chi connectivity index (χ2n) is 10.9. The highest BCUT2D eigenvalue weighted by Crippen LogP contribution is 2.43. The van der Waals surface area contributed by atoms with E-state index in [0.717, 1.165) is 62.2 Å². The van der Waals surface area contributed by atoms with Crippen LogP contribution in [-0.4, -0.2) is 80.6 Å². The zero-order chi connectivity index (χ0) is 28.2. The minimum atomic E-state index is -4.58. The number of hydrogen-bond donors (Lipinski definition) is 2. The number of likely N-dealkylation sites (tertiary alicyclic amines) is 1. The third-order valence-electron chi connectivity index (χ3n) is 7.95. The molecule has 3 aliphatic rings. The highest BCUT2D eigenvalue weighted by atomic mass is 19.4. The van der Waals surface area contributed by atoms with E-state index in [1.807, 2.05) is 13.0 Å². The lowest BCUT2D eigenvalue weighted by Gasteiger charge is -2.49. The molecule has 214 valence electrons. The van der Waals surface area contributed by atoms with E-state index in [4.69, 9.17) is 0 Å². The predicted octanol–water partition coefficient (Wildman–Crippen LogP) is 4.78. The van der Waals surface area contributed by atoms with Gasteiger partial charge in [-0.25, -0.2) is 4.99 Å². The van der Waals surface area contributed by atoms with Crippen LogP contribution in [0.2, 0.25) is 0 Å². The standard InChI is InChI=1S/C29H41F3N6O/c1-5-7-8-26(38-19-28(20-38)11-12-33-27(28)39)24(29(30,31)32)18-34-21(3)35-25-10-9-23(17-22(25)6-2)37-15-13-36(4)14-16-37/h8-10,17-18H,5-7,11-16,19-20H2,1-4H3,(H,33,39)(H,34,35)/b24-18+,26-8-. The number of alkyl halides is 3. The summed E-state index contributed by atoms with van der Waals surface area (Å²) in [7, 11) is 2.12. The van der Waals surface area contributed by atoms with Crippen LogP contribution in [-0.2, 0) is 11.2 Å². The lowest BCUT2D eigenvalue weighted by atomic mass is 9.77. The summed E-state index contributed by atoms with van der Waals surface area (Å²) in [5.41, 5.74) is 1.84. The zero-order valence-corrected chi connectivity index (χ0v) is 23.5. The fraction of sp³-hybridized carbons (Fsp3) is 0.586. The molecule has 3 aliphatic heterocycles. The molecular formula is C29H41F3N6O. The highest BCUT2D eigenvalue weighted by molar-refractivity contribution is 5.95. The number of amidine groups is 1. The number of nitrogens with one attached hydrogen (secondary N) is 2. The fourth-order valence-electron chi connectivity index (χ4n) is 5.49. The van der Waals surface area contributed by atoms with Gasteiger partial charge in [-0.3, -0.25) is 4.79 Å². The van der Waals surface area contributed by atoms with Gasteiger partial charge in [0.05, 0.1) is 11.0 Å². The molecule has 3 fully saturated rings. The number of anilines is 2. The Morgan fingerprint density at radius 3 is 2.49 bits per heavy atom. The summed E-state index contributed by atoms with van der Waals surface area (Å²) in [4.78, 5) is 22.8. The summed E-state index contributed by atoms with van der Waals surface area (Å²) >= 11 is 0. The first-order valence-corrected chi connectivity index (χ1v) is 14.0. The number of unbranched alkanes of at least 4 members (excludes halogenated alkanes) is 1. The van der Waals surface area contributed by atoms with Gasteiger partial charge in [0.25, 0.3) is 0 Å². The molecule has 0 bridgehead atoms. The number of rotatable bonds is 8. The quantitative estimate of drug-likeness (QED) is 0.279. The number of hydrogen-bond acceptors (Lipinski definition) is 5. The number of halogens is 3. The van der Waals surface area contributed by atoms with E-state index in [1.54, 1.807) is 17.9 Å². The van der Waals surface area contributed by atoms with Crippen molar-refractivity contribution in [2.24, 2.45) is 10.4 Å². The maximum absolute atomic E-state index is 14.3. The Kier molecular flexibility index (Phi) is 8.93. The number of aryl methyl sites for hydroxylation is 1. The number of nitrogens with zero attached hydrogens (tertiary/aromatic N) is 4. The normalized spacial score (nSPS) is 20.9. The molecule has 3 heterocycles. The SMILES string of the molecule is CCC/C=C(/C(=C\N=C(C)Nc1ccc(N2CCN(C)CC2)cc1CC)C(F)(F)F)N1CC2(CCNC2=O)C1. The van der Waals surface area contributed by atoms with Crippen LogP contribution in [0.4, 0.5) is 24.5 Å². The van der Waals surface area contributed by atoms with E-state index < -0.39 is 17.2 Å². The predicted molar refractivity (Wildman–Crippen MR) is 151 cm³/mol. The van der Waals surface area contributed by atoms with E-state index in [0.29, 0.717) is 38.3 Å². The van der Waals surface area contributed by atoms with E-state index in [-0.39, 0.29) is 11.6 Å². The van der Waals surface area contributed by atoms with E-state index in [2.05, 4.69) is 51.5 Å². The van der Waals surface area contributed by atoms with E-state index in [1.165, 1.54) is 0 Å². The monoisotopic (exact) mass is 546 g/mol. The summed E-state index contributed by atoms with van der Waals surface area (Å²) in [5.74, 6) is 0.318. The Morgan fingerprint density at radius 1 is 1.18 bits per heavy atom. The van der Waals surface area contributed by atoms with Gasteiger partial charge in [0, 0.05) is 69.1 Å². The Balaban J connectivity index is 1.53. The third kappa shape index (κ3) is 6.59. The zero-order valence-electron chi connectivity index (χ0n) is 23.5. The van der Waals surface area contributed by atoms with Gasteiger partial charge in [0.1, 0.15) is 5.84 Å². The van der Waals surface area contributed by atoms with Gasteiger partial charge >= 0.3 is 6.18 Å². The van der Waals surface area contributed by atoms with Crippen LogP contribution < -0.4 is 15.5 Å². The molecule has 0 atom stereocenters. The summed E-state index contributed by atoms with van der Waals surface area (Å²) in [6.07, 6.45) is 0.652. The Bertz CT molecular complexity index is 1130. The average molecular weight is 547 g/mol. The maximum atomic E-state index is 14.3. The van der Waals surface area contributed by atoms with Crippen molar-refractivity contribution in [2.75, 3.05) is 63.1 Å². The first-order chi connectivity index (χ1) is 18.6. The average Bonchev–Trinajstić information content (AvgIpc) is 3.26. The Labute approximate surface area is 229 Å². The smallest absolute Gasteiger partial charge is 0.369 e. The van der Waals surface area contributed by atoms with Gasteiger partial charge in [-0.05, 0) is 57.0 Å². The first kappa shape index (κ1) is 29.0. The first-order valence-electron chi connectivity index (χ1n) is 14.0. The van der Waals surface area contributed by atoms with Crippen LogP contribution in [0.3, 0.4) is 0 Å². The summed E-state index contributed by atoms with van der Waals surface area (Å²) in [6, 6.07) is 6.20. The second-order valence-corrected chi connectivity index (χ2v) is 10.9. The number of amides is 1. The molecule has 0 aliphatic carbocycles. The van der Waals surface area contributed by atoms with E-state index >= 15 is 0 Å². The third-order valence-corrected chi connectivity index (χ3v) is 7.95. The van der Waals surface area contributed by atoms with Gasteiger partial charge in [0.2, 0.25) is 5.91 Å². The topological polar surface area (TPSA) is 63.2 Å². The molecule has 1 amide bonds. The lowest BCUT2D eigenvalue weighted by Crippen LogP contribution is -2.59. The van der Waals surface area contributed by atoms with Crippen molar-refractivity contribution < 1.29 is 18.0 Å². The molecule has 1 spiro atoms. The number of carbonyl (C=O) groups is 1. The van der Waals surface area contributed by atoms with Crippen LogP contribution in [0.5, 0.6) is 0 Å². The molecule has 4 rings (SSSR count). The van der Waals surface area contributed by atoms with Crippen LogP contribution in [0.1, 0.15) is 45.6 Å². The Morgan fingerprint density at radius 2 is 1.90 bits per heavy atom. The minimum absolute atomic E-state index is 0.0606. The number of piperazine rings is 1. The fourth-order valence-corrected chi connectivity index (χ4v) is 5.49. The Hall–Kier alpha value is -3.01. The number of aliphatic imine (C=N–C) groups is 1. The van der Waals surface area contributed by atoms with Gasteiger partial charge in [-0.2, -0.15) is 13.2 Å². The molecule has 0 aromatic heterocycles. The largest absolute Gasteiger partial charge is 0.419 e. The molecule has 0 saturated carbocycles. The molecule has 0 unspecified atom stereocenters. The molecule has 1 aromatic rings. The van der Waals surface area contributed by atoms with Crippen molar-refractivity contribution in [3.05, 3.63) is 47.3 Å². The van der Waals surface area contributed by atoms with Crippen molar-refractivity contribution in [2.45, 2.75) is 52.6 Å². The molecule has 2 N–H and O–H groups in total. The van der Waals surface area contributed by atoms with Gasteiger partial charge in [-0.15, -0.1) is 0 Å². The van der Waals surface area contributed by atoms with Crippen LogP contribution >= 0.6 is 0 Å².